The van der Waals surface area contributed by atoms with E-state index in [1.54, 1.807) is 11.1 Å². The van der Waals surface area contributed by atoms with Gasteiger partial charge in [-0.15, -0.1) is 0 Å². The van der Waals surface area contributed by atoms with Gasteiger partial charge in [0.1, 0.15) is 0 Å². The summed E-state index contributed by atoms with van der Waals surface area (Å²) in [7, 11) is 0. The second-order valence-electron chi connectivity index (χ2n) is 18.1. The highest BCUT2D eigenvalue weighted by Crippen LogP contribution is 2.70. The highest BCUT2D eigenvalue weighted by atomic mass is 14.9. The van der Waals surface area contributed by atoms with Crippen molar-refractivity contribution < 1.29 is 0 Å². The molecule has 60 heavy (non-hydrogen) atoms. The van der Waals surface area contributed by atoms with E-state index < -0.39 is 0 Å². The Morgan fingerprint density at radius 3 is 1.67 bits per heavy atom. The van der Waals surface area contributed by atoms with Crippen molar-refractivity contribution in [2.75, 3.05) is 0 Å². The number of hydrogen-bond acceptors (Lipinski definition) is 2. The van der Waals surface area contributed by atoms with E-state index in [0.29, 0.717) is 0 Å². The Kier molecular flexibility index (Phi) is 7.52. The highest BCUT2D eigenvalue weighted by Gasteiger charge is 2.61. The molecule has 2 heteroatoms. The molecule has 4 saturated carbocycles. The first-order valence-electron chi connectivity index (χ1n) is 22.0. The van der Waals surface area contributed by atoms with Crippen molar-refractivity contribution in [2.24, 2.45) is 23.7 Å². The molecule has 9 aromatic rings. The number of rotatable bonds is 5. The molecule has 0 aliphatic heterocycles. The van der Waals surface area contributed by atoms with Gasteiger partial charge in [-0.3, -0.25) is 0 Å². The predicted octanol–water partition coefficient (Wildman–Crippen LogP) is 14.8. The zero-order chi connectivity index (χ0) is 39.4. The van der Waals surface area contributed by atoms with Crippen LogP contribution in [0.4, 0.5) is 0 Å². The Balaban J connectivity index is 0.965. The van der Waals surface area contributed by atoms with Crippen LogP contribution in [0.3, 0.4) is 0 Å². The van der Waals surface area contributed by atoms with Crippen LogP contribution in [-0.2, 0) is 5.41 Å². The van der Waals surface area contributed by atoms with E-state index in [9.17, 15) is 0 Å². The Morgan fingerprint density at radius 1 is 0.367 bits per heavy atom. The minimum atomic E-state index is 0.115. The molecular weight excluding hydrogens is 725 g/mol. The average Bonchev–Trinajstić information content (AvgIpc) is 3.59. The molecule has 1 heterocycles. The van der Waals surface area contributed by atoms with E-state index in [4.69, 9.17) is 9.97 Å². The van der Waals surface area contributed by atoms with Gasteiger partial charge in [-0.25, -0.2) is 9.97 Å². The molecule has 0 atom stereocenters. The smallest absolute Gasteiger partial charge is 0.160 e. The quantitative estimate of drug-likeness (QED) is 0.174. The van der Waals surface area contributed by atoms with E-state index in [0.717, 1.165) is 57.6 Å². The van der Waals surface area contributed by atoms with Crippen molar-refractivity contribution in [3.8, 4) is 67.3 Å². The maximum atomic E-state index is 5.23. The fourth-order valence-corrected chi connectivity index (χ4v) is 12.9. The van der Waals surface area contributed by atoms with E-state index in [2.05, 4.69) is 176 Å². The Morgan fingerprint density at radius 2 is 0.933 bits per heavy atom. The molecule has 1 spiro atoms. The van der Waals surface area contributed by atoms with Gasteiger partial charge in [0.05, 0.1) is 11.4 Å². The SMILES string of the molecule is c1ccc(-c2cc(-c3ccc(-c4cccc(-c5cccc6c5-c5cc7ccccc7cc5C65C6CC7CC(C6)CC5C7)c4)c4ccccc34)nc(-c3ccccc3)n2)cc1. The summed E-state index contributed by atoms with van der Waals surface area (Å²) in [5.74, 6) is 4.01. The molecule has 1 aromatic heterocycles. The fraction of sp³-hybridized carbons (Fsp3) is 0.172. The summed E-state index contributed by atoms with van der Waals surface area (Å²) in [5, 5.41) is 5.12. The molecule has 286 valence electrons. The second kappa shape index (κ2) is 13.2. The van der Waals surface area contributed by atoms with Gasteiger partial charge >= 0.3 is 0 Å². The largest absolute Gasteiger partial charge is 0.228 e. The van der Waals surface area contributed by atoms with Crippen LogP contribution in [0.15, 0.2) is 182 Å². The maximum absolute atomic E-state index is 5.23. The molecule has 0 radical (unpaired) electrons. The van der Waals surface area contributed by atoms with Gasteiger partial charge in [-0.05, 0) is 146 Å². The zero-order valence-corrected chi connectivity index (χ0v) is 33.6. The lowest BCUT2D eigenvalue weighted by Gasteiger charge is -2.61. The fourth-order valence-electron chi connectivity index (χ4n) is 12.9. The van der Waals surface area contributed by atoms with Crippen molar-refractivity contribution in [3.05, 3.63) is 193 Å². The summed E-state index contributed by atoms with van der Waals surface area (Å²) >= 11 is 0. The molecule has 0 unspecified atom stereocenters. The van der Waals surface area contributed by atoms with Gasteiger partial charge in [-0.1, -0.05) is 158 Å². The van der Waals surface area contributed by atoms with Crippen molar-refractivity contribution in [3.63, 3.8) is 0 Å². The highest BCUT2D eigenvalue weighted by molar-refractivity contribution is 6.06. The lowest BCUT2D eigenvalue weighted by atomic mass is 9.43. The lowest BCUT2D eigenvalue weighted by molar-refractivity contribution is -0.0398. The molecule has 14 rings (SSSR count). The minimum Gasteiger partial charge on any atom is -0.228 e. The second-order valence-corrected chi connectivity index (χ2v) is 18.1. The summed E-state index contributed by atoms with van der Waals surface area (Å²) in [4.78, 5) is 10.3. The maximum Gasteiger partial charge on any atom is 0.160 e. The van der Waals surface area contributed by atoms with Crippen LogP contribution in [-0.4, -0.2) is 9.97 Å². The standard InChI is InChI=1S/C58H44N2/c1-3-13-38(14-4-1)54-35-55(60-57(59-54)39-15-5-2-6-16-39)50-26-25-46(48-21-9-10-22-49(48)50)42-19-11-20-43(32-42)47-23-12-24-52-56(47)51-33-40-17-7-8-18-41(40)34-53(51)58(52)44-28-36-27-37(30-44)31-45(58)29-36/h1-26,32-37,44-45H,27-31H2. The van der Waals surface area contributed by atoms with Gasteiger partial charge in [0, 0.05) is 22.1 Å². The molecule has 0 amide bonds. The van der Waals surface area contributed by atoms with Crippen molar-refractivity contribution in [1.29, 1.82) is 0 Å². The third-order valence-electron chi connectivity index (χ3n) is 15.0. The van der Waals surface area contributed by atoms with Crippen LogP contribution in [0.1, 0.15) is 43.2 Å². The Hall–Kier alpha value is -6.64. The van der Waals surface area contributed by atoms with Crippen molar-refractivity contribution in [1.82, 2.24) is 9.97 Å². The Labute approximate surface area is 351 Å². The van der Waals surface area contributed by atoms with Crippen LogP contribution < -0.4 is 0 Å². The van der Waals surface area contributed by atoms with Crippen LogP contribution in [0, 0.1) is 23.7 Å². The molecule has 0 saturated heterocycles. The van der Waals surface area contributed by atoms with Crippen molar-refractivity contribution in [2.45, 2.75) is 37.5 Å². The summed E-state index contributed by atoms with van der Waals surface area (Å²) in [5.41, 5.74) is 16.4. The number of fused-ring (bicyclic) bond motifs is 5. The molecule has 4 bridgehead atoms. The van der Waals surface area contributed by atoms with Crippen LogP contribution in [0.5, 0.6) is 0 Å². The van der Waals surface area contributed by atoms with E-state index in [1.807, 2.05) is 6.07 Å². The summed E-state index contributed by atoms with van der Waals surface area (Å²) in [6.07, 6.45) is 7.01. The number of benzene rings is 8. The molecular formula is C58H44N2. The van der Waals surface area contributed by atoms with Crippen LogP contribution >= 0.6 is 0 Å². The van der Waals surface area contributed by atoms with Crippen molar-refractivity contribution >= 4 is 21.5 Å². The van der Waals surface area contributed by atoms with E-state index in [1.165, 1.54) is 87.0 Å². The molecule has 5 aliphatic carbocycles. The number of aromatic nitrogens is 2. The summed E-state index contributed by atoms with van der Waals surface area (Å²) in [6, 6.07) is 67.2. The first-order valence-corrected chi connectivity index (χ1v) is 22.0. The average molecular weight is 769 g/mol. The Bertz CT molecular complexity index is 3080. The number of hydrogen-bond donors (Lipinski definition) is 0. The van der Waals surface area contributed by atoms with E-state index in [-0.39, 0.29) is 5.41 Å². The normalized spacial score (nSPS) is 22.1. The lowest BCUT2D eigenvalue weighted by Crippen LogP contribution is -2.55. The van der Waals surface area contributed by atoms with Gasteiger partial charge in [-0.2, -0.15) is 0 Å². The third kappa shape index (κ3) is 5.07. The van der Waals surface area contributed by atoms with E-state index >= 15 is 0 Å². The predicted molar refractivity (Wildman–Crippen MR) is 247 cm³/mol. The number of nitrogens with zero attached hydrogens (tertiary/aromatic N) is 2. The summed E-state index contributed by atoms with van der Waals surface area (Å²) in [6.45, 7) is 0. The first-order chi connectivity index (χ1) is 29.7. The van der Waals surface area contributed by atoms with Gasteiger partial charge in [0.2, 0.25) is 0 Å². The monoisotopic (exact) mass is 768 g/mol. The topological polar surface area (TPSA) is 25.8 Å². The van der Waals surface area contributed by atoms with Gasteiger partial charge in [0.25, 0.3) is 0 Å². The first kappa shape index (κ1) is 34.2. The van der Waals surface area contributed by atoms with Crippen LogP contribution in [0.2, 0.25) is 0 Å². The zero-order valence-electron chi connectivity index (χ0n) is 33.6. The van der Waals surface area contributed by atoms with Gasteiger partial charge < -0.3 is 0 Å². The molecule has 8 aromatic carbocycles. The summed E-state index contributed by atoms with van der Waals surface area (Å²) < 4.78 is 0. The molecule has 4 fully saturated rings. The molecule has 5 aliphatic rings. The third-order valence-corrected chi connectivity index (χ3v) is 15.0. The van der Waals surface area contributed by atoms with Gasteiger partial charge in [0.15, 0.2) is 5.82 Å². The van der Waals surface area contributed by atoms with Crippen LogP contribution in [0.25, 0.3) is 88.8 Å². The molecule has 2 nitrogen and oxygen atoms in total. The minimum absolute atomic E-state index is 0.115. The molecule has 0 N–H and O–H groups in total.